The van der Waals surface area contributed by atoms with Crippen molar-refractivity contribution in [2.45, 2.75) is 0 Å². The minimum absolute atomic E-state index is 0.155. The Morgan fingerprint density at radius 2 is 1.53 bits per heavy atom. The molecule has 0 atom stereocenters. The topological polar surface area (TPSA) is 21.3 Å². The second-order valence-electron chi connectivity index (χ2n) is 3.45. The number of hydrogen-bond donors (Lipinski definition) is 1. The van der Waals surface area contributed by atoms with E-state index in [1.807, 2.05) is 0 Å². The largest absolute Gasteiger partial charge is 0.497 e. The molecule has 0 amide bonds. The number of para-hydroxylation sites is 1. The smallest absolute Gasteiger partial charge is 0.149 e. The summed E-state index contributed by atoms with van der Waals surface area (Å²) < 4.78 is 31.7. The maximum absolute atomic E-state index is 13.4. The molecule has 0 aliphatic rings. The van der Waals surface area contributed by atoms with Crippen LogP contribution in [0.2, 0.25) is 0 Å². The standard InChI is InChI=1S/C13H11F2NO/c1-17-10-7-5-9(6-8-10)16-13-11(14)3-2-4-12(13)15/h2-8,16H,1H3. The number of rotatable bonds is 3. The Balaban J connectivity index is 2.25. The van der Waals surface area contributed by atoms with E-state index in [0.29, 0.717) is 11.4 Å². The Bertz CT molecular complexity index is 491. The fourth-order valence-electron chi connectivity index (χ4n) is 1.44. The number of anilines is 2. The molecule has 0 bridgehead atoms. The Labute approximate surface area is 97.8 Å². The molecule has 0 aromatic heterocycles. The Morgan fingerprint density at radius 3 is 2.06 bits per heavy atom. The predicted molar refractivity (Wildman–Crippen MR) is 62.6 cm³/mol. The molecule has 0 aliphatic carbocycles. The van der Waals surface area contributed by atoms with Gasteiger partial charge in [0.1, 0.15) is 23.1 Å². The Hall–Kier alpha value is -2.10. The van der Waals surface area contributed by atoms with Crippen molar-refractivity contribution in [1.82, 2.24) is 0 Å². The second kappa shape index (κ2) is 4.82. The molecule has 0 unspecified atom stereocenters. The van der Waals surface area contributed by atoms with E-state index in [4.69, 9.17) is 4.74 Å². The van der Waals surface area contributed by atoms with Crippen LogP contribution in [0.1, 0.15) is 0 Å². The molecule has 17 heavy (non-hydrogen) atoms. The molecular weight excluding hydrogens is 224 g/mol. The van der Waals surface area contributed by atoms with E-state index in [0.717, 1.165) is 0 Å². The van der Waals surface area contributed by atoms with Crippen LogP contribution in [0, 0.1) is 11.6 Å². The second-order valence-corrected chi connectivity index (χ2v) is 3.45. The van der Waals surface area contributed by atoms with Gasteiger partial charge in [0.2, 0.25) is 0 Å². The van der Waals surface area contributed by atoms with Crippen LogP contribution < -0.4 is 10.1 Å². The van der Waals surface area contributed by atoms with Crippen molar-refractivity contribution in [2.24, 2.45) is 0 Å². The molecule has 0 aliphatic heterocycles. The lowest BCUT2D eigenvalue weighted by Gasteiger charge is -2.09. The highest BCUT2D eigenvalue weighted by molar-refractivity contribution is 5.61. The first-order valence-electron chi connectivity index (χ1n) is 5.06. The molecule has 4 heteroatoms. The van der Waals surface area contributed by atoms with Gasteiger partial charge in [-0.05, 0) is 36.4 Å². The maximum Gasteiger partial charge on any atom is 0.149 e. The van der Waals surface area contributed by atoms with Gasteiger partial charge in [0, 0.05) is 5.69 Å². The number of halogens is 2. The lowest BCUT2D eigenvalue weighted by Crippen LogP contribution is -1.97. The number of nitrogens with one attached hydrogen (secondary N) is 1. The van der Waals surface area contributed by atoms with Gasteiger partial charge in [0.15, 0.2) is 0 Å². The fraction of sp³-hybridized carbons (Fsp3) is 0.0769. The van der Waals surface area contributed by atoms with Crippen molar-refractivity contribution in [1.29, 1.82) is 0 Å². The molecular formula is C13H11F2NO. The van der Waals surface area contributed by atoms with Crippen molar-refractivity contribution in [3.63, 3.8) is 0 Å². The SMILES string of the molecule is COc1ccc(Nc2c(F)cccc2F)cc1. The van der Waals surface area contributed by atoms with E-state index in [1.54, 1.807) is 31.4 Å². The molecule has 0 radical (unpaired) electrons. The van der Waals surface area contributed by atoms with Crippen molar-refractivity contribution in [2.75, 3.05) is 12.4 Å². The number of methoxy groups -OCH3 is 1. The van der Waals surface area contributed by atoms with Crippen molar-refractivity contribution in [3.05, 3.63) is 54.1 Å². The van der Waals surface area contributed by atoms with Crippen LogP contribution in [-0.2, 0) is 0 Å². The van der Waals surface area contributed by atoms with Crippen LogP contribution in [-0.4, -0.2) is 7.11 Å². The quantitative estimate of drug-likeness (QED) is 0.875. The summed E-state index contributed by atoms with van der Waals surface area (Å²) >= 11 is 0. The van der Waals surface area contributed by atoms with Gasteiger partial charge < -0.3 is 10.1 Å². The van der Waals surface area contributed by atoms with Gasteiger partial charge in [-0.1, -0.05) is 6.07 Å². The maximum atomic E-state index is 13.4. The molecule has 0 saturated carbocycles. The third-order valence-electron chi connectivity index (χ3n) is 2.32. The molecule has 2 nitrogen and oxygen atoms in total. The first-order chi connectivity index (χ1) is 8.20. The van der Waals surface area contributed by atoms with Gasteiger partial charge in [-0.15, -0.1) is 0 Å². The zero-order chi connectivity index (χ0) is 12.3. The summed E-state index contributed by atoms with van der Waals surface area (Å²) in [7, 11) is 1.55. The lowest BCUT2D eigenvalue weighted by molar-refractivity contribution is 0.415. The van der Waals surface area contributed by atoms with Crippen molar-refractivity contribution >= 4 is 11.4 Å². The molecule has 2 aromatic carbocycles. The fourth-order valence-corrected chi connectivity index (χ4v) is 1.44. The highest BCUT2D eigenvalue weighted by Crippen LogP contribution is 2.24. The lowest BCUT2D eigenvalue weighted by atomic mass is 10.2. The highest BCUT2D eigenvalue weighted by atomic mass is 19.1. The van der Waals surface area contributed by atoms with Crippen LogP contribution in [0.5, 0.6) is 5.75 Å². The molecule has 88 valence electrons. The molecule has 0 heterocycles. The van der Waals surface area contributed by atoms with Gasteiger partial charge >= 0.3 is 0 Å². The van der Waals surface area contributed by atoms with E-state index in [-0.39, 0.29) is 5.69 Å². The monoisotopic (exact) mass is 235 g/mol. The summed E-state index contributed by atoms with van der Waals surface area (Å²) in [5.41, 5.74) is 0.437. The average Bonchev–Trinajstić information content (AvgIpc) is 2.35. The van der Waals surface area contributed by atoms with Crippen LogP contribution in [0.4, 0.5) is 20.2 Å². The van der Waals surface area contributed by atoms with E-state index < -0.39 is 11.6 Å². The van der Waals surface area contributed by atoms with Crippen LogP contribution in [0.3, 0.4) is 0 Å². The predicted octanol–water partition coefficient (Wildman–Crippen LogP) is 3.72. The minimum atomic E-state index is -0.624. The van der Waals surface area contributed by atoms with Gasteiger partial charge in [-0.3, -0.25) is 0 Å². The first kappa shape index (κ1) is 11.4. The number of hydrogen-bond acceptors (Lipinski definition) is 2. The Kier molecular flexibility index (Phi) is 3.23. The zero-order valence-electron chi connectivity index (χ0n) is 9.21. The molecule has 0 saturated heterocycles. The van der Waals surface area contributed by atoms with Crippen LogP contribution in [0.25, 0.3) is 0 Å². The van der Waals surface area contributed by atoms with Gasteiger partial charge in [0.25, 0.3) is 0 Å². The third-order valence-corrected chi connectivity index (χ3v) is 2.32. The van der Waals surface area contributed by atoms with Gasteiger partial charge in [-0.25, -0.2) is 8.78 Å². The summed E-state index contributed by atoms with van der Waals surface area (Å²) in [4.78, 5) is 0. The van der Waals surface area contributed by atoms with Gasteiger partial charge in [-0.2, -0.15) is 0 Å². The molecule has 2 rings (SSSR count). The van der Waals surface area contributed by atoms with Crippen LogP contribution >= 0.6 is 0 Å². The summed E-state index contributed by atoms with van der Waals surface area (Å²) in [6, 6.07) is 10.5. The normalized spacial score (nSPS) is 10.1. The molecule has 1 N–H and O–H groups in total. The summed E-state index contributed by atoms with van der Waals surface area (Å²) in [6.07, 6.45) is 0. The minimum Gasteiger partial charge on any atom is -0.497 e. The average molecular weight is 235 g/mol. The molecule has 0 spiro atoms. The summed E-state index contributed by atoms with van der Waals surface area (Å²) in [5.74, 6) is -0.564. The van der Waals surface area contributed by atoms with Gasteiger partial charge in [0.05, 0.1) is 7.11 Å². The molecule has 2 aromatic rings. The van der Waals surface area contributed by atoms with Crippen molar-refractivity contribution in [3.8, 4) is 5.75 Å². The number of ether oxygens (including phenoxy) is 1. The Morgan fingerprint density at radius 1 is 0.941 bits per heavy atom. The van der Waals surface area contributed by atoms with Crippen molar-refractivity contribution < 1.29 is 13.5 Å². The van der Waals surface area contributed by atoms with E-state index in [9.17, 15) is 8.78 Å². The van der Waals surface area contributed by atoms with Crippen LogP contribution in [0.15, 0.2) is 42.5 Å². The summed E-state index contributed by atoms with van der Waals surface area (Å²) in [5, 5.41) is 2.69. The zero-order valence-corrected chi connectivity index (χ0v) is 9.21. The van der Waals surface area contributed by atoms with E-state index in [2.05, 4.69) is 5.32 Å². The molecule has 0 fully saturated rings. The first-order valence-corrected chi connectivity index (χ1v) is 5.06. The number of benzene rings is 2. The highest BCUT2D eigenvalue weighted by Gasteiger charge is 2.07. The van der Waals surface area contributed by atoms with E-state index in [1.165, 1.54) is 18.2 Å². The third kappa shape index (κ3) is 2.53. The summed E-state index contributed by atoms with van der Waals surface area (Å²) in [6.45, 7) is 0. The van der Waals surface area contributed by atoms with E-state index >= 15 is 0 Å².